The Morgan fingerprint density at radius 3 is 2.56 bits per heavy atom. The molecule has 10 heteroatoms. The lowest BCUT2D eigenvalue weighted by atomic mass is 9.97. The molecule has 0 saturated carbocycles. The first-order valence-electron chi connectivity index (χ1n) is 10.8. The maximum atomic E-state index is 13.0. The summed E-state index contributed by atoms with van der Waals surface area (Å²) in [4.78, 5) is 23.1. The molecule has 3 aromatic rings. The minimum absolute atomic E-state index is 0.164. The van der Waals surface area contributed by atoms with Crippen LogP contribution < -0.4 is 21.1 Å². The predicted octanol–water partition coefficient (Wildman–Crippen LogP) is 4.67. The number of hydrogen-bond acceptors (Lipinski definition) is 6. The Hall–Kier alpha value is -4.08. The van der Waals surface area contributed by atoms with Crippen molar-refractivity contribution in [3.8, 4) is 11.1 Å². The van der Waals surface area contributed by atoms with E-state index in [4.69, 9.17) is 0 Å². The number of nitrogens with zero attached hydrogens (tertiary/aromatic N) is 3. The molecule has 174 valence electrons. The molecule has 2 aliphatic heterocycles. The predicted molar refractivity (Wildman–Crippen MR) is 124 cm³/mol. The first-order valence-corrected chi connectivity index (χ1v) is 10.8. The van der Waals surface area contributed by atoms with Crippen LogP contribution in [0.2, 0.25) is 0 Å². The van der Waals surface area contributed by atoms with E-state index in [-0.39, 0.29) is 5.69 Å². The number of benzene rings is 1. The third-order valence-electron chi connectivity index (χ3n) is 5.82. The number of nitrogens with one attached hydrogen (secondary N) is 3. The van der Waals surface area contributed by atoms with Gasteiger partial charge in [-0.05, 0) is 48.7 Å². The molecule has 0 aliphatic carbocycles. The lowest BCUT2D eigenvalue weighted by Gasteiger charge is -2.21. The van der Waals surface area contributed by atoms with Crippen LogP contribution in [0, 0.1) is 0 Å². The van der Waals surface area contributed by atoms with E-state index >= 15 is 0 Å². The Bertz CT molecular complexity index is 1250. The fourth-order valence-corrected chi connectivity index (χ4v) is 4.08. The van der Waals surface area contributed by atoms with Crippen LogP contribution in [0.25, 0.3) is 16.7 Å². The summed E-state index contributed by atoms with van der Waals surface area (Å²) in [6.45, 7) is 2.02. The Morgan fingerprint density at radius 2 is 1.82 bits per heavy atom. The van der Waals surface area contributed by atoms with E-state index in [1.807, 2.05) is 24.4 Å². The normalized spacial score (nSPS) is 15.1. The molecule has 0 atom stereocenters. The van der Waals surface area contributed by atoms with Gasteiger partial charge in [-0.25, -0.2) is 4.98 Å². The molecule has 7 nitrogen and oxygen atoms in total. The summed E-state index contributed by atoms with van der Waals surface area (Å²) in [7, 11) is 0. The van der Waals surface area contributed by atoms with E-state index in [1.165, 1.54) is 25.1 Å². The second-order valence-corrected chi connectivity index (χ2v) is 8.10. The first-order chi connectivity index (χ1) is 16.4. The second-order valence-electron chi connectivity index (χ2n) is 8.10. The number of anilines is 3. The highest BCUT2D eigenvalue weighted by molar-refractivity contribution is 6.26. The lowest BCUT2D eigenvalue weighted by molar-refractivity contribution is -0.141. The minimum atomic E-state index is -4.54. The fraction of sp³-hybridized carbons (Fsp3) is 0.208. The van der Waals surface area contributed by atoms with Crippen LogP contribution in [-0.2, 0) is 11.0 Å². The van der Waals surface area contributed by atoms with Gasteiger partial charge in [0, 0.05) is 36.6 Å². The van der Waals surface area contributed by atoms with Gasteiger partial charge in [0.25, 0.3) is 5.91 Å². The number of rotatable bonds is 4. The van der Waals surface area contributed by atoms with Crippen LogP contribution in [0.4, 0.5) is 30.2 Å². The molecule has 1 amide bonds. The maximum absolute atomic E-state index is 13.0. The third-order valence-corrected chi connectivity index (χ3v) is 5.82. The average molecular weight is 466 g/mol. The van der Waals surface area contributed by atoms with E-state index in [1.54, 1.807) is 6.20 Å². The van der Waals surface area contributed by atoms with Crippen LogP contribution in [-0.4, -0.2) is 29.0 Å². The number of carbonyl (C=O) groups is 1. The van der Waals surface area contributed by atoms with Gasteiger partial charge in [-0.3, -0.25) is 9.78 Å². The van der Waals surface area contributed by atoms with Gasteiger partial charge in [-0.1, -0.05) is 6.07 Å². The smallest absolute Gasteiger partial charge is 0.370 e. The number of amides is 1. The standard InChI is InChI=1S/C24H21F3N6O/c25-24(26,27)22-6-4-17(12-29-22)31-23(34)20-14-30-32-21-5-3-15(10-19(20)21)16-9-18(13-28-11-16)33-7-1-2-8-33/h3-6,9-14,30,32H,1-2,7-8H2,(H,31,34). The van der Waals surface area contributed by atoms with E-state index in [9.17, 15) is 18.0 Å². The fourth-order valence-electron chi connectivity index (χ4n) is 4.08. The van der Waals surface area contributed by atoms with Crippen molar-refractivity contribution in [1.82, 2.24) is 15.4 Å². The first kappa shape index (κ1) is 21.7. The van der Waals surface area contributed by atoms with Crippen molar-refractivity contribution in [2.75, 3.05) is 28.7 Å². The van der Waals surface area contributed by atoms with Crippen molar-refractivity contribution in [2.24, 2.45) is 0 Å². The van der Waals surface area contributed by atoms with Gasteiger partial charge in [-0.15, -0.1) is 0 Å². The van der Waals surface area contributed by atoms with Crippen LogP contribution in [0.5, 0.6) is 0 Å². The zero-order valence-electron chi connectivity index (χ0n) is 18.0. The molecular weight excluding hydrogens is 445 g/mol. The van der Waals surface area contributed by atoms with Crippen LogP contribution in [0.1, 0.15) is 24.1 Å². The number of fused-ring (bicyclic) bond motifs is 1. The SMILES string of the molecule is O=C(Nc1ccc(C(F)(F)F)nc1)C1=CNNc2ccc(-c3cncc(N4CCCC4)c3)cc21. The van der Waals surface area contributed by atoms with Crippen molar-refractivity contribution < 1.29 is 18.0 Å². The number of aromatic nitrogens is 2. The van der Waals surface area contributed by atoms with Gasteiger partial charge < -0.3 is 21.1 Å². The number of pyridine rings is 2. The molecule has 2 aliphatic rings. The Balaban J connectivity index is 1.40. The van der Waals surface area contributed by atoms with Gasteiger partial charge >= 0.3 is 6.18 Å². The number of hydrazine groups is 1. The molecule has 5 rings (SSSR count). The molecule has 4 heterocycles. The molecule has 2 aromatic heterocycles. The topological polar surface area (TPSA) is 82.2 Å². The minimum Gasteiger partial charge on any atom is -0.370 e. The summed E-state index contributed by atoms with van der Waals surface area (Å²) in [5.41, 5.74) is 9.56. The van der Waals surface area contributed by atoms with Gasteiger partial charge in [0.05, 0.1) is 35.0 Å². The van der Waals surface area contributed by atoms with Crippen LogP contribution in [0.15, 0.2) is 61.2 Å². The molecule has 0 spiro atoms. The van der Waals surface area contributed by atoms with Crippen molar-refractivity contribution >= 4 is 28.5 Å². The highest BCUT2D eigenvalue weighted by atomic mass is 19.4. The summed E-state index contributed by atoms with van der Waals surface area (Å²) in [6, 6.07) is 9.79. The third kappa shape index (κ3) is 4.39. The number of hydrogen-bond donors (Lipinski definition) is 3. The van der Waals surface area contributed by atoms with Crippen molar-refractivity contribution in [3.63, 3.8) is 0 Å². The van der Waals surface area contributed by atoms with Gasteiger partial charge in [-0.2, -0.15) is 13.2 Å². The zero-order valence-corrected chi connectivity index (χ0v) is 18.0. The van der Waals surface area contributed by atoms with Crippen molar-refractivity contribution in [2.45, 2.75) is 19.0 Å². The van der Waals surface area contributed by atoms with E-state index in [0.29, 0.717) is 16.8 Å². The summed E-state index contributed by atoms with van der Waals surface area (Å²) >= 11 is 0. The molecule has 34 heavy (non-hydrogen) atoms. The van der Waals surface area contributed by atoms with Gasteiger partial charge in [0.2, 0.25) is 0 Å². The highest BCUT2D eigenvalue weighted by Gasteiger charge is 2.32. The second kappa shape index (κ2) is 8.69. The van der Waals surface area contributed by atoms with E-state index in [2.05, 4.69) is 37.1 Å². The maximum Gasteiger partial charge on any atom is 0.433 e. The van der Waals surface area contributed by atoms with Crippen molar-refractivity contribution in [1.29, 1.82) is 0 Å². The molecular formula is C24H21F3N6O. The quantitative estimate of drug-likeness (QED) is 0.518. The number of halogens is 3. The average Bonchev–Trinajstić information content (AvgIpc) is 3.38. The highest BCUT2D eigenvalue weighted by Crippen LogP contribution is 2.33. The summed E-state index contributed by atoms with van der Waals surface area (Å²) < 4.78 is 38.2. The van der Waals surface area contributed by atoms with Crippen molar-refractivity contribution in [3.05, 3.63) is 72.4 Å². The summed E-state index contributed by atoms with van der Waals surface area (Å²) in [5, 5.41) is 2.61. The summed E-state index contributed by atoms with van der Waals surface area (Å²) in [6.07, 6.45) is 3.93. The summed E-state index contributed by atoms with van der Waals surface area (Å²) in [5.74, 6) is -0.474. The molecule has 0 bridgehead atoms. The molecule has 3 N–H and O–H groups in total. The molecule has 1 saturated heterocycles. The monoisotopic (exact) mass is 466 g/mol. The molecule has 1 fully saturated rings. The van der Waals surface area contributed by atoms with Gasteiger partial charge in [0.1, 0.15) is 5.69 Å². The molecule has 0 unspecified atom stereocenters. The zero-order chi connectivity index (χ0) is 23.7. The van der Waals surface area contributed by atoms with E-state index in [0.717, 1.165) is 42.2 Å². The largest absolute Gasteiger partial charge is 0.433 e. The van der Waals surface area contributed by atoms with E-state index < -0.39 is 17.8 Å². The molecule has 1 aromatic carbocycles. The number of carbonyl (C=O) groups excluding carboxylic acids is 1. The number of alkyl halides is 3. The Labute approximate surface area is 193 Å². The Morgan fingerprint density at radius 1 is 1.00 bits per heavy atom. The molecule has 0 radical (unpaired) electrons. The van der Waals surface area contributed by atoms with Gasteiger partial charge in [0.15, 0.2) is 0 Å². The lowest BCUT2D eigenvalue weighted by Crippen LogP contribution is -2.25. The van der Waals surface area contributed by atoms with Crippen LogP contribution in [0.3, 0.4) is 0 Å². The Kier molecular flexibility index (Phi) is 5.56. The van der Waals surface area contributed by atoms with Crippen LogP contribution >= 0.6 is 0 Å².